The lowest BCUT2D eigenvalue weighted by Crippen LogP contribution is -2.23. The maximum absolute atomic E-state index is 14.6. The van der Waals surface area contributed by atoms with Crippen molar-refractivity contribution in [1.29, 1.82) is 0 Å². The summed E-state index contributed by atoms with van der Waals surface area (Å²) < 4.78 is 40.8. The molecule has 1 unspecified atom stereocenters. The van der Waals surface area contributed by atoms with Gasteiger partial charge >= 0.3 is 0 Å². The Kier molecular flexibility index (Phi) is 3.19. The van der Waals surface area contributed by atoms with Crippen molar-refractivity contribution < 1.29 is 13.2 Å². The normalized spacial score (nSPS) is 26.4. The van der Waals surface area contributed by atoms with Gasteiger partial charge in [-0.3, -0.25) is 0 Å². The molecular formula is C12H14F3N. The number of hydrogen-bond donors (Lipinski definition) is 1. The first-order chi connectivity index (χ1) is 7.62. The Morgan fingerprint density at radius 1 is 1.12 bits per heavy atom. The van der Waals surface area contributed by atoms with Crippen molar-refractivity contribution >= 4 is 0 Å². The third-order valence-electron chi connectivity index (χ3n) is 3.04. The molecule has 88 valence electrons. The van der Waals surface area contributed by atoms with Crippen molar-refractivity contribution in [2.75, 3.05) is 13.1 Å². The molecule has 1 N–H and O–H groups in total. The van der Waals surface area contributed by atoms with E-state index in [0.717, 1.165) is 18.7 Å². The van der Waals surface area contributed by atoms with E-state index in [0.29, 0.717) is 13.0 Å². The van der Waals surface area contributed by atoms with Crippen LogP contribution >= 0.6 is 0 Å². The second-order valence-corrected chi connectivity index (χ2v) is 4.19. The largest absolute Gasteiger partial charge is 0.317 e. The Balaban J connectivity index is 2.33. The third kappa shape index (κ3) is 2.21. The van der Waals surface area contributed by atoms with Crippen molar-refractivity contribution in [2.45, 2.75) is 24.9 Å². The molecule has 1 aliphatic rings. The number of hydrogen-bond acceptors (Lipinski definition) is 1. The molecule has 1 nitrogen and oxygen atoms in total. The molecular weight excluding hydrogens is 215 g/mol. The lowest BCUT2D eigenvalue weighted by molar-refractivity contribution is 0.139. The molecule has 0 spiro atoms. The first-order valence-corrected chi connectivity index (χ1v) is 5.47. The van der Waals surface area contributed by atoms with Crippen LogP contribution in [0.3, 0.4) is 0 Å². The topological polar surface area (TPSA) is 12.0 Å². The molecule has 0 bridgehead atoms. The molecule has 1 aromatic carbocycles. The molecule has 0 aliphatic carbocycles. The predicted octanol–water partition coefficient (Wildman–Crippen LogP) is 2.90. The predicted molar refractivity (Wildman–Crippen MR) is 55.9 cm³/mol. The van der Waals surface area contributed by atoms with Gasteiger partial charge in [0.2, 0.25) is 0 Å². The lowest BCUT2D eigenvalue weighted by Gasteiger charge is -2.24. The minimum Gasteiger partial charge on any atom is -0.317 e. The van der Waals surface area contributed by atoms with Crippen LogP contribution in [0, 0.1) is 11.6 Å². The fourth-order valence-electron chi connectivity index (χ4n) is 2.15. The third-order valence-corrected chi connectivity index (χ3v) is 3.04. The van der Waals surface area contributed by atoms with Crippen LogP contribution in [0.4, 0.5) is 13.2 Å². The maximum atomic E-state index is 14.6. The van der Waals surface area contributed by atoms with Crippen LogP contribution < -0.4 is 5.32 Å². The lowest BCUT2D eigenvalue weighted by atomic mass is 9.88. The van der Waals surface area contributed by atoms with E-state index in [1.165, 1.54) is 6.07 Å². The van der Waals surface area contributed by atoms with Crippen LogP contribution in [0.15, 0.2) is 18.2 Å². The smallest absolute Gasteiger partial charge is 0.140 e. The van der Waals surface area contributed by atoms with E-state index in [9.17, 15) is 13.2 Å². The zero-order chi connectivity index (χ0) is 11.6. The summed E-state index contributed by atoms with van der Waals surface area (Å²) in [5.41, 5.74) is -1.68. The zero-order valence-electron chi connectivity index (χ0n) is 8.90. The molecule has 1 saturated heterocycles. The van der Waals surface area contributed by atoms with Gasteiger partial charge in [0.1, 0.15) is 17.3 Å². The molecule has 1 aliphatic heterocycles. The molecule has 0 aromatic heterocycles. The van der Waals surface area contributed by atoms with Gasteiger partial charge in [-0.25, -0.2) is 13.2 Å². The van der Waals surface area contributed by atoms with Crippen molar-refractivity contribution in [2.24, 2.45) is 0 Å². The van der Waals surface area contributed by atoms with Crippen LogP contribution in [0.1, 0.15) is 24.8 Å². The van der Waals surface area contributed by atoms with Crippen LogP contribution in [-0.2, 0) is 5.67 Å². The summed E-state index contributed by atoms with van der Waals surface area (Å²) in [6, 6.07) is 3.07. The van der Waals surface area contributed by atoms with Crippen molar-refractivity contribution in [3.05, 3.63) is 35.4 Å². The Bertz CT molecular complexity index is 371. The quantitative estimate of drug-likeness (QED) is 0.780. The highest BCUT2D eigenvalue weighted by atomic mass is 19.2. The summed E-state index contributed by atoms with van der Waals surface area (Å²) in [5, 5.41) is 3.07. The van der Waals surface area contributed by atoms with Crippen LogP contribution in [0.5, 0.6) is 0 Å². The standard InChI is InChI=1S/C12H14F3N/c13-9-2-3-10(11(14)8-9)12(15)4-1-6-16-7-5-12/h2-3,8,16H,1,4-7H2. The minimum atomic E-state index is -1.67. The number of rotatable bonds is 1. The van der Waals surface area contributed by atoms with E-state index in [1.807, 2.05) is 0 Å². The van der Waals surface area contributed by atoms with Gasteiger partial charge in [0, 0.05) is 11.6 Å². The van der Waals surface area contributed by atoms with Gasteiger partial charge in [0.25, 0.3) is 0 Å². The molecule has 1 atom stereocenters. The van der Waals surface area contributed by atoms with E-state index in [4.69, 9.17) is 0 Å². The fraction of sp³-hybridized carbons (Fsp3) is 0.500. The summed E-state index contributed by atoms with van der Waals surface area (Å²) in [7, 11) is 0. The van der Waals surface area contributed by atoms with E-state index < -0.39 is 17.3 Å². The van der Waals surface area contributed by atoms with Crippen molar-refractivity contribution in [1.82, 2.24) is 5.32 Å². The maximum Gasteiger partial charge on any atom is 0.140 e. The van der Waals surface area contributed by atoms with Crippen LogP contribution in [0.25, 0.3) is 0 Å². The fourth-order valence-corrected chi connectivity index (χ4v) is 2.15. The summed E-state index contributed by atoms with van der Waals surface area (Å²) in [6.45, 7) is 1.27. The zero-order valence-corrected chi connectivity index (χ0v) is 8.90. The number of benzene rings is 1. The van der Waals surface area contributed by atoms with Gasteiger partial charge < -0.3 is 5.32 Å². The molecule has 0 saturated carbocycles. The summed E-state index contributed by atoms with van der Waals surface area (Å²) >= 11 is 0. The van der Waals surface area contributed by atoms with Crippen molar-refractivity contribution in [3.63, 3.8) is 0 Å². The molecule has 1 fully saturated rings. The Morgan fingerprint density at radius 3 is 2.69 bits per heavy atom. The molecule has 16 heavy (non-hydrogen) atoms. The number of nitrogens with one attached hydrogen (secondary N) is 1. The minimum absolute atomic E-state index is 0.0161. The highest BCUT2D eigenvalue weighted by molar-refractivity contribution is 5.25. The monoisotopic (exact) mass is 229 g/mol. The van der Waals surface area contributed by atoms with Gasteiger partial charge in [-0.05, 0) is 44.5 Å². The van der Waals surface area contributed by atoms with E-state index in [1.54, 1.807) is 0 Å². The first kappa shape index (κ1) is 11.5. The Labute approximate surface area is 92.7 Å². The molecule has 0 amide bonds. The summed E-state index contributed by atoms with van der Waals surface area (Å²) in [6.07, 6.45) is 1.17. The van der Waals surface area contributed by atoms with Gasteiger partial charge in [0.05, 0.1) is 0 Å². The number of alkyl halides is 1. The van der Waals surface area contributed by atoms with Gasteiger partial charge in [0.15, 0.2) is 0 Å². The highest BCUT2D eigenvalue weighted by Gasteiger charge is 2.34. The van der Waals surface area contributed by atoms with Gasteiger partial charge in [-0.2, -0.15) is 0 Å². The second kappa shape index (κ2) is 4.45. The summed E-state index contributed by atoms with van der Waals surface area (Å²) in [5.74, 6) is -1.46. The SMILES string of the molecule is Fc1ccc(C2(F)CCCNCC2)c(F)c1. The second-order valence-electron chi connectivity index (χ2n) is 4.19. The molecule has 2 rings (SSSR count). The van der Waals surface area contributed by atoms with Gasteiger partial charge in [-0.15, -0.1) is 0 Å². The number of halogens is 3. The van der Waals surface area contributed by atoms with E-state index in [-0.39, 0.29) is 18.4 Å². The average molecular weight is 229 g/mol. The average Bonchev–Trinajstić information content (AvgIpc) is 2.43. The van der Waals surface area contributed by atoms with Crippen molar-refractivity contribution in [3.8, 4) is 0 Å². The summed E-state index contributed by atoms with van der Waals surface area (Å²) in [4.78, 5) is 0. The Morgan fingerprint density at radius 2 is 1.94 bits per heavy atom. The highest BCUT2D eigenvalue weighted by Crippen LogP contribution is 2.37. The van der Waals surface area contributed by atoms with E-state index in [2.05, 4.69) is 5.32 Å². The Hall–Kier alpha value is -1.03. The van der Waals surface area contributed by atoms with Crippen LogP contribution in [-0.4, -0.2) is 13.1 Å². The van der Waals surface area contributed by atoms with Gasteiger partial charge in [-0.1, -0.05) is 0 Å². The molecule has 1 aromatic rings. The van der Waals surface area contributed by atoms with Crippen LogP contribution in [0.2, 0.25) is 0 Å². The first-order valence-electron chi connectivity index (χ1n) is 5.47. The molecule has 0 radical (unpaired) electrons. The van der Waals surface area contributed by atoms with E-state index >= 15 is 0 Å². The molecule has 1 heterocycles. The molecule has 4 heteroatoms.